The van der Waals surface area contributed by atoms with Gasteiger partial charge in [-0.25, -0.2) is 0 Å². The normalized spacial score (nSPS) is 12.2. The van der Waals surface area contributed by atoms with Crippen LogP contribution in [0.3, 0.4) is 0 Å². The van der Waals surface area contributed by atoms with Crippen LogP contribution in [0, 0.1) is 5.92 Å². The van der Waals surface area contributed by atoms with E-state index in [2.05, 4.69) is 6.92 Å². The van der Waals surface area contributed by atoms with E-state index >= 15 is 0 Å². The molecule has 0 aliphatic heterocycles. The number of hydrogen-bond acceptors (Lipinski definition) is 4. The summed E-state index contributed by atoms with van der Waals surface area (Å²) < 4.78 is 11.0. The zero-order chi connectivity index (χ0) is 15.8. The van der Waals surface area contributed by atoms with Gasteiger partial charge in [0.25, 0.3) is 0 Å². The minimum atomic E-state index is -0.774. The molecule has 1 aromatic carbocycles. The summed E-state index contributed by atoms with van der Waals surface area (Å²) in [6.45, 7) is 5.59. The third-order valence-electron chi connectivity index (χ3n) is 3.15. The van der Waals surface area contributed by atoms with Crippen LogP contribution in [0.5, 0.6) is 11.5 Å². The molecular formula is C16H25NO4. The molecule has 1 unspecified atom stereocenters. The van der Waals surface area contributed by atoms with Crippen molar-refractivity contribution in [2.75, 3.05) is 27.3 Å². The van der Waals surface area contributed by atoms with Gasteiger partial charge in [-0.2, -0.15) is 0 Å². The predicted molar refractivity (Wildman–Crippen MR) is 81.9 cm³/mol. The van der Waals surface area contributed by atoms with Gasteiger partial charge in [0.05, 0.1) is 19.6 Å². The van der Waals surface area contributed by atoms with Gasteiger partial charge in [0, 0.05) is 13.1 Å². The van der Waals surface area contributed by atoms with Crippen LogP contribution in [0.2, 0.25) is 0 Å². The molecule has 1 atom stereocenters. The fraction of sp³-hybridized carbons (Fsp3) is 0.562. The minimum Gasteiger partial charge on any atom is -0.493 e. The fourth-order valence-electron chi connectivity index (χ4n) is 2.07. The monoisotopic (exact) mass is 295 g/mol. The lowest BCUT2D eigenvalue weighted by molar-refractivity contribution is -0.141. The number of nitrogens with zero attached hydrogens (tertiary/aromatic N) is 1. The number of carboxylic acid groups (broad SMARTS) is 1. The third-order valence-corrected chi connectivity index (χ3v) is 3.15. The number of carboxylic acids is 1. The zero-order valence-electron chi connectivity index (χ0n) is 13.3. The highest BCUT2D eigenvalue weighted by atomic mass is 16.5. The van der Waals surface area contributed by atoms with Gasteiger partial charge >= 0.3 is 5.97 Å². The molecule has 0 saturated carbocycles. The molecule has 1 rings (SSSR count). The Kier molecular flexibility index (Phi) is 7.02. The van der Waals surface area contributed by atoms with E-state index in [1.807, 2.05) is 30.1 Å². The van der Waals surface area contributed by atoms with Crippen molar-refractivity contribution < 1.29 is 19.4 Å². The lowest BCUT2D eigenvalue weighted by Crippen LogP contribution is -2.28. The van der Waals surface area contributed by atoms with Crippen molar-refractivity contribution in [3.05, 3.63) is 23.8 Å². The molecule has 118 valence electrons. The van der Waals surface area contributed by atoms with E-state index in [1.54, 1.807) is 14.0 Å². The predicted octanol–water partition coefficient (Wildman–Crippen LogP) is 2.64. The van der Waals surface area contributed by atoms with Crippen LogP contribution in [0.25, 0.3) is 0 Å². The Morgan fingerprint density at radius 1 is 1.38 bits per heavy atom. The van der Waals surface area contributed by atoms with Gasteiger partial charge in [0.2, 0.25) is 0 Å². The van der Waals surface area contributed by atoms with Crippen molar-refractivity contribution in [3.8, 4) is 11.5 Å². The Balaban J connectivity index is 2.72. The largest absolute Gasteiger partial charge is 0.493 e. The quantitative estimate of drug-likeness (QED) is 0.759. The molecule has 5 heteroatoms. The number of methoxy groups -OCH3 is 1. The smallest absolute Gasteiger partial charge is 0.307 e. The first-order chi connectivity index (χ1) is 9.97. The standard InChI is InChI=1S/C16H25NO4/c1-5-8-21-15-9-13(6-7-14(15)20-4)11-17(3)10-12(2)16(18)19/h6-7,9,12H,5,8,10-11H2,1-4H3,(H,18,19). The molecule has 0 aliphatic rings. The molecule has 0 bridgehead atoms. The van der Waals surface area contributed by atoms with E-state index in [-0.39, 0.29) is 5.92 Å². The molecular weight excluding hydrogens is 270 g/mol. The summed E-state index contributed by atoms with van der Waals surface area (Å²) in [5.41, 5.74) is 1.07. The van der Waals surface area contributed by atoms with Crippen LogP contribution in [0.15, 0.2) is 18.2 Å². The van der Waals surface area contributed by atoms with E-state index in [4.69, 9.17) is 14.6 Å². The number of ether oxygens (including phenoxy) is 2. The highest BCUT2D eigenvalue weighted by molar-refractivity contribution is 5.69. The summed E-state index contributed by atoms with van der Waals surface area (Å²) in [4.78, 5) is 12.9. The summed E-state index contributed by atoms with van der Waals surface area (Å²) in [7, 11) is 3.53. The lowest BCUT2D eigenvalue weighted by atomic mass is 10.1. The summed E-state index contributed by atoms with van der Waals surface area (Å²) in [6, 6.07) is 5.81. The Bertz CT molecular complexity index is 462. The molecule has 21 heavy (non-hydrogen) atoms. The molecule has 0 spiro atoms. The maximum atomic E-state index is 10.9. The fourth-order valence-corrected chi connectivity index (χ4v) is 2.07. The summed E-state index contributed by atoms with van der Waals surface area (Å²) >= 11 is 0. The topological polar surface area (TPSA) is 59.0 Å². The zero-order valence-corrected chi connectivity index (χ0v) is 13.3. The van der Waals surface area contributed by atoms with E-state index in [0.717, 1.165) is 17.7 Å². The number of benzene rings is 1. The second-order valence-electron chi connectivity index (χ2n) is 5.27. The van der Waals surface area contributed by atoms with Gasteiger partial charge in [-0.1, -0.05) is 19.9 Å². The Hall–Kier alpha value is -1.75. The highest BCUT2D eigenvalue weighted by Gasteiger charge is 2.14. The molecule has 0 saturated heterocycles. The molecule has 1 aromatic rings. The van der Waals surface area contributed by atoms with Crippen molar-refractivity contribution in [1.29, 1.82) is 0 Å². The average Bonchev–Trinajstić information content (AvgIpc) is 2.44. The van der Waals surface area contributed by atoms with Gasteiger partial charge < -0.3 is 19.5 Å². The van der Waals surface area contributed by atoms with Crippen LogP contribution in [0.4, 0.5) is 0 Å². The van der Waals surface area contributed by atoms with Gasteiger partial charge in [-0.15, -0.1) is 0 Å². The number of rotatable bonds is 9. The molecule has 0 aromatic heterocycles. The Labute approximate surface area is 126 Å². The highest BCUT2D eigenvalue weighted by Crippen LogP contribution is 2.28. The second kappa shape index (κ2) is 8.52. The van der Waals surface area contributed by atoms with Crippen LogP contribution in [-0.2, 0) is 11.3 Å². The van der Waals surface area contributed by atoms with E-state index < -0.39 is 5.97 Å². The Morgan fingerprint density at radius 3 is 2.67 bits per heavy atom. The first-order valence-corrected chi connectivity index (χ1v) is 7.19. The summed E-state index contributed by atoms with van der Waals surface area (Å²) in [5, 5.41) is 8.94. The first-order valence-electron chi connectivity index (χ1n) is 7.19. The van der Waals surface area contributed by atoms with Crippen LogP contribution in [-0.4, -0.2) is 43.3 Å². The molecule has 0 radical (unpaired) electrons. The van der Waals surface area contributed by atoms with Gasteiger partial charge in [-0.3, -0.25) is 4.79 Å². The molecule has 0 amide bonds. The second-order valence-corrected chi connectivity index (χ2v) is 5.27. The van der Waals surface area contributed by atoms with Gasteiger partial charge in [0.15, 0.2) is 11.5 Å². The first kappa shape index (κ1) is 17.3. The van der Waals surface area contributed by atoms with Crippen molar-refractivity contribution in [3.63, 3.8) is 0 Å². The van der Waals surface area contributed by atoms with Crippen molar-refractivity contribution >= 4 is 5.97 Å². The number of carbonyl (C=O) groups is 1. The van der Waals surface area contributed by atoms with Crippen LogP contribution in [0.1, 0.15) is 25.8 Å². The van der Waals surface area contributed by atoms with E-state index in [0.29, 0.717) is 25.4 Å². The number of hydrogen-bond donors (Lipinski definition) is 1. The molecule has 5 nitrogen and oxygen atoms in total. The molecule has 0 heterocycles. The molecule has 0 aliphatic carbocycles. The van der Waals surface area contributed by atoms with E-state index in [1.165, 1.54) is 0 Å². The van der Waals surface area contributed by atoms with E-state index in [9.17, 15) is 4.79 Å². The SMILES string of the molecule is CCCOc1cc(CN(C)CC(C)C(=O)O)ccc1OC. The summed E-state index contributed by atoms with van der Waals surface area (Å²) in [6.07, 6.45) is 0.934. The maximum Gasteiger partial charge on any atom is 0.307 e. The third kappa shape index (κ3) is 5.63. The molecule has 0 fully saturated rings. The van der Waals surface area contributed by atoms with Gasteiger partial charge in [-0.05, 0) is 31.2 Å². The van der Waals surface area contributed by atoms with Gasteiger partial charge in [0.1, 0.15) is 0 Å². The molecule has 1 N–H and O–H groups in total. The maximum absolute atomic E-state index is 10.9. The van der Waals surface area contributed by atoms with Crippen molar-refractivity contribution in [1.82, 2.24) is 4.90 Å². The summed E-state index contributed by atoms with van der Waals surface area (Å²) in [5.74, 6) is 0.290. The lowest BCUT2D eigenvalue weighted by Gasteiger charge is -2.20. The average molecular weight is 295 g/mol. The minimum absolute atomic E-state index is 0.385. The van der Waals surface area contributed by atoms with Crippen molar-refractivity contribution in [2.24, 2.45) is 5.92 Å². The van der Waals surface area contributed by atoms with Crippen LogP contribution >= 0.6 is 0 Å². The Morgan fingerprint density at radius 2 is 2.10 bits per heavy atom. The van der Waals surface area contributed by atoms with Crippen molar-refractivity contribution in [2.45, 2.75) is 26.8 Å². The number of aliphatic carboxylic acids is 1. The van der Waals surface area contributed by atoms with Crippen LogP contribution < -0.4 is 9.47 Å².